The van der Waals surface area contributed by atoms with E-state index >= 15 is 0 Å². The Balaban J connectivity index is 2.06. The van der Waals surface area contributed by atoms with Gasteiger partial charge in [-0.05, 0) is 30.9 Å². The van der Waals surface area contributed by atoms with Gasteiger partial charge in [-0.1, -0.05) is 41.8 Å². The summed E-state index contributed by atoms with van der Waals surface area (Å²) in [6, 6.07) is 6.14. The van der Waals surface area contributed by atoms with Crippen LogP contribution in [0, 0.1) is 5.92 Å². The highest BCUT2D eigenvalue weighted by atomic mass is 79.9. The zero-order valence-corrected chi connectivity index (χ0v) is 12.6. The lowest BCUT2D eigenvalue weighted by molar-refractivity contribution is 0.281. The predicted molar refractivity (Wildman–Crippen MR) is 79.9 cm³/mol. The quantitative estimate of drug-likeness (QED) is 0.910. The number of piperidine rings is 1. The molecule has 0 aliphatic carbocycles. The first kappa shape index (κ1) is 13.9. The SMILES string of the molecule is CCCC1CCN(c2cc(Br)ccc2CO)CC1. The highest BCUT2D eigenvalue weighted by Gasteiger charge is 2.20. The van der Waals surface area contributed by atoms with Crippen molar-refractivity contribution < 1.29 is 5.11 Å². The molecule has 1 saturated heterocycles. The number of hydrogen-bond acceptors (Lipinski definition) is 2. The van der Waals surface area contributed by atoms with Gasteiger partial charge in [-0.2, -0.15) is 0 Å². The molecule has 2 rings (SSSR count). The number of aliphatic hydroxyl groups is 1. The van der Waals surface area contributed by atoms with Crippen LogP contribution in [0.15, 0.2) is 22.7 Å². The number of hydrogen-bond donors (Lipinski definition) is 1. The van der Waals surface area contributed by atoms with Crippen molar-refractivity contribution in [1.82, 2.24) is 0 Å². The van der Waals surface area contributed by atoms with Gasteiger partial charge in [-0.25, -0.2) is 0 Å². The molecule has 0 spiro atoms. The van der Waals surface area contributed by atoms with Crippen LogP contribution in [-0.2, 0) is 6.61 Å². The Morgan fingerprint density at radius 3 is 2.67 bits per heavy atom. The zero-order valence-electron chi connectivity index (χ0n) is 11.0. The average Bonchev–Trinajstić information content (AvgIpc) is 2.40. The Hall–Kier alpha value is -0.540. The molecule has 0 radical (unpaired) electrons. The van der Waals surface area contributed by atoms with Gasteiger partial charge in [0.15, 0.2) is 0 Å². The van der Waals surface area contributed by atoms with Crippen LogP contribution in [0.3, 0.4) is 0 Å². The van der Waals surface area contributed by atoms with E-state index in [1.165, 1.54) is 31.4 Å². The molecule has 100 valence electrons. The Labute approximate surface area is 118 Å². The van der Waals surface area contributed by atoms with Crippen molar-refractivity contribution in [1.29, 1.82) is 0 Å². The molecular formula is C15H22BrNO. The van der Waals surface area contributed by atoms with Gasteiger partial charge in [-0.3, -0.25) is 0 Å². The van der Waals surface area contributed by atoms with Crippen molar-refractivity contribution in [3.8, 4) is 0 Å². The van der Waals surface area contributed by atoms with Crippen LogP contribution in [-0.4, -0.2) is 18.2 Å². The molecular weight excluding hydrogens is 290 g/mol. The minimum Gasteiger partial charge on any atom is -0.392 e. The van der Waals surface area contributed by atoms with Gasteiger partial charge in [0.05, 0.1) is 6.61 Å². The normalized spacial score (nSPS) is 17.2. The monoisotopic (exact) mass is 311 g/mol. The molecule has 0 aromatic heterocycles. The molecule has 3 heteroatoms. The van der Waals surface area contributed by atoms with Gasteiger partial charge < -0.3 is 10.0 Å². The van der Waals surface area contributed by atoms with Crippen LogP contribution in [0.2, 0.25) is 0 Å². The first-order chi connectivity index (χ1) is 8.74. The van der Waals surface area contributed by atoms with E-state index in [0.717, 1.165) is 29.0 Å². The summed E-state index contributed by atoms with van der Waals surface area (Å²) in [5.74, 6) is 0.899. The zero-order chi connectivity index (χ0) is 13.0. The standard InChI is InChI=1S/C15H22BrNO/c1-2-3-12-6-8-17(9-7-12)15-10-14(16)5-4-13(15)11-18/h4-5,10,12,18H,2-3,6-9,11H2,1H3. The number of anilines is 1. The van der Waals surface area contributed by atoms with Crippen molar-refractivity contribution in [2.24, 2.45) is 5.92 Å². The second-order valence-electron chi connectivity index (χ2n) is 5.15. The number of aliphatic hydroxyl groups excluding tert-OH is 1. The summed E-state index contributed by atoms with van der Waals surface area (Å²) in [5, 5.41) is 9.43. The summed E-state index contributed by atoms with van der Waals surface area (Å²) in [7, 11) is 0. The van der Waals surface area contributed by atoms with Crippen molar-refractivity contribution in [2.45, 2.75) is 39.2 Å². The molecule has 0 atom stereocenters. The fourth-order valence-corrected chi connectivity index (χ4v) is 3.18. The summed E-state index contributed by atoms with van der Waals surface area (Å²) in [4.78, 5) is 2.42. The molecule has 1 aliphatic rings. The van der Waals surface area contributed by atoms with E-state index in [0.29, 0.717) is 0 Å². The summed E-state index contributed by atoms with van der Waals surface area (Å²) in [6.45, 7) is 4.63. The maximum absolute atomic E-state index is 9.43. The third kappa shape index (κ3) is 3.27. The summed E-state index contributed by atoms with van der Waals surface area (Å²) >= 11 is 3.52. The smallest absolute Gasteiger partial charge is 0.0702 e. The molecule has 1 aromatic rings. The maximum Gasteiger partial charge on any atom is 0.0702 e. The Morgan fingerprint density at radius 1 is 1.33 bits per heavy atom. The van der Waals surface area contributed by atoms with E-state index < -0.39 is 0 Å². The topological polar surface area (TPSA) is 23.5 Å². The highest BCUT2D eigenvalue weighted by molar-refractivity contribution is 9.10. The molecule has 1 heterocycles. The van der Waals surface area contributed by atoms with Gasteiger partial charge in [0.25, 0.3) is 0 Å². The Morgan fingerprint density at radius 2 is 2.06 bits per heavy atom. The van der Waals surface area contributed by atoms with Gasteiger partial charge in [0, 0.05) is 28.8 Å². The van der Waals surface area contributed by atoms with E-state index in [-0.39, 0.29) is 6.61 Å². The van der Waals surface area contributed by atoms with Crippen LogP contribution >= 0.6 is 15.9 Å². The maximum atomic E-state index is 9.43. The largest absolute Gasteiger partial charge is 0.392 e. The summed E-state index contributed by atoms with van der Waals surface area (Å²) < 4.78 is 1.09. The molecule has 1 N–H and O–H groups in total. The first-order valence-electron chi connectivity index (χ1n) is 6.88. The van der Waals surface area contributed by atoms with Crippen molar-refractivity contribution in [2.75, 3.05) is 18.0 Å². The van der Waals surface area contributed by atoms with Gasteiger partial charge in [-0.15, -0.1) is 0 Å². The lowest BCUT2D eigenvalue weighted by Gasteiger charge is -2.34. The fourth-order valence-electron chi connectivity index (χ4n) is 2.84. The van der Waals surface area contributed by atoms with E-state index in [4.69, 9.17) is 0 Å². The minimum absolute atomic E-state index is 0.123. The lowest BCUT2D eigenvalue weighted by Crippen LogP contribution is -2.34. The predicted octanol–water partition coefficient (Wildman–Crippen LogP) is 3.96. The highest BCUT2D eigenvalue weighted by Crippen LogP contribution is 2.30. The van der Waals surface area contributed by atoms with Crippen molar-refractivity contribution in [3.63, 3.8) is 0 Å². The molecule has 0 amide bonds. The van der Waals surface area contributed by atoms with Gasteiger partial charge in [0.1, 0.15) is 0 Å². The third-order valence-electron chi connectivity index (χ3n) is 3.87. The van der Waals surface area contributed by atoms with Crippen LogP contribution in [0.25, 0.3) is 0 Å². The Bertz CT molecular complexity index is 386. The number of benzene rings is 1. The second-order valence-corrected chi connectivity index (χ2v) is 6.07. The molecule has 0 bridgehead atoms. The van der Waals surface area contributed by atoms with Gasteiger partial charge >= 0.3 is 0 Å². The third-order valence-corrected chi connectivity index (χ3v) is 4.36. The van der Waals surface area contributed by atoms with E-state index in [2.05, 4.69) is 33.8 Å². The van der Waals surface area contributed by atoms with Crippen LogP contribution in [0.4, 0.5) is 5.69 Å². The van der Waals surface area contributed by atoms with E-state index in [1.54, 1.807) is 0 Å². The molecule has 1 aromatic carbocycles. The average molecular weight is 312 g/mol. The summed E-state index contributed by atoms with van der Waals surface area (Å²) in [5.41, 5.74) is 2.23. The first-order valence-corrected chi connectivity index (χ1v) is 7.68. The number of halogens is 1. The number of rotatable bonds is 4. The van der Waals surface area contributed by atoms with Gasteiger partial charge in [0.2, 0.25) is 0 Å². The van der Waals surface area contributed by atoms with E-state index in [1.807, 2.05) is 12.1 Å². The molecule has 18 heavy (non-hydrogen) atoms. The molecule has 1 aliphatic heterocycles. The van der Waals surface area contributed by atoms with Crippen LogP contribution in [0.1, 0.15) is 38.2 Å². The van der Waals surface area contributed by atoms with Crippen LogP contribution in [0.5, 0.6) is 0 Å². The lowest BCUT2D eigenvalue weighted by atomic mass is 9.92. The Kier molecular flexibility index (Phi) is 5.07. The second kappa shape index (κ2) is 6.58. The number of nitrogens with zero attached hydrogens (tertiary/aromatic N) is 1. The van der Waals surface area contributed by atoms with Crippen LogP contribution < -0.4 is 4.90 Å². The van der Waals surface area contributed by atoms with Crippen molar-refractivity contribution in [3.05, 3.63) is 28.2 Å². The fraction of sp³-hybridized carbons (Fsp3) is 0.600. The summed E-state index contributed by atoms with van der Waals surface area (Å²) in [6.07, 6.45) is 5.22. The molecule has 0 saturated carbocycles. The molecule has 1 fully saturated rings. The molecule has 0 unspecified atom stereocenters. The van der Waals surface area contributed by atoms with E-state index in [9.17, 15) is 5.11 Å². The van der Waals surface area contributed by atoms with Crippen molar-refractivity contribution >= 4 is 21.6 Å². The molecule has 2 nitrogen and oxygen atoms in total. The minimum atomic E-state index is 0.123.